The predicted molar refractivity (Wildman–Crippen MR) is 105 cm³/mol. The third-order valence-electron chi connectivity index (χ3n) is 6.37. The van der Waals surface area contributed by atoms with Gasteiger partial charge < -0.3 is 15.2 Å². The smallest absolute Gasteiger partial charge is 0.250 e. The molecule has 8 heteroatoms. The summed E-state index contributed by atoms with van der Waals surface area (Å²) in [4.78, 5) is 0. The summed E-state index contributed by atoms with van der Waals surface area (Å²) in [6.07, 6.45) is -1.49. The summed E-state index contributed by atoms with van der Waals surface area (Å²) < 4.78 is 60.4. The molecule has 1 saturated carbocycles. The fourth-order valence-corrected chi connectivity index (χ4v) is 5.07. The molecule has 2 aliphatic rings. The summed E-state index contributed by atoms with van der Waals surface area (Å²) in [7, 11) is 0. The lowest BCUT2D eigenvalue weighted by Gasteiger charge is -2.55. The summed E-state index contributed by atoms with van der Waals surface area (Å²) in [5.74, 6) is -1.54. The molecule has 1 unspecified atom stereocenters. The average molecular weight is 444 g/mol. The van der Waals surface area contributed by atoms with E-state index < -0.39 is 35.6 Å². The number of hydrogen-bond donors (Lipinski definition) is 2. The standard InChI is InChI=1S/C22H22ClF4NO2/c23-14-3-1-13(2-4-14)9-21-8-7-15(28-11-18(26)27)10-22(21,29)12-30-20-17(25)6-5-16(24)19(20)21/h1-6,15,18,28-29H,7-12H2/t15-,21?,22+/m1/s1. The Labute approximate surface area is 177 Å². The summed E-state index contributed by atoms with van der Waals surface area (Å²) in [6, 6.07) is 8.62. The second-order valence-electron chi connectivity index (χ2n) is 8.18. The molecule has 1 aliphatic heterocycles. The van der Waals surface area contributed by atoms with Crippen LogP contribution >= 0.6 is 11.6 Å². The van der Waals surface area contributed by atoms with Gasteiger partial charge in [-0.2, -0.15) is 0 Å². The zero-order valence-electron chi connectivity index (χ0n) is 16.1. The van der Waals surface area contributed by atoms with Crippen LogP contribution in [0.4, 0.5) is 17.6 Å². The fourth-order valence-electron chi connectivity index (χ4n) is 4.95. The first-order valence-corrected chi connectivity index (χ1v) is 10.2. The second-order valence-corrected chi connectivity index (χ2v) is 8.61. The lowest BCUT2D eigenvalue weighted by atomic mass is 9.55. The van der Waals surface area contributed by atoms with Gasteiger partial charge in [-0.25, -0.2) is 17.6 Å². The molecule has 2 N–H and O–H groups in total. The summed E-state index contributed by atoms with van der Waals surface area (Å²) in [5.41, 5.74) is -1.91. The first-order valence-electron chi connectivity index (χ1n) is 9.84. The van der Waals surface area contributed by atoms with E-state index in [1.165, 1.54) is 0 Å². The molecule has 0 aromatic heterocycles. The molecule has 0 saturated heterocycles. The Morgan fingerprint density at radius 3 is 2.53 bits per heavy atom. The van der Waals surface area contributed by atoms with Crippen molar-refractivity contribution in [3.05, 3.63) is 64.2 Å². The van der Waals surface area contributed by atoms with Crippen molar-refractivity contribution in [2.45, 2.75) is 49.2 Å². The molecule has 2 aromatic rings. The number of halogens is 5. The van der Waals surface area contributed by atoms with E-state index >= 15 is 4.39 Å². The Morgan fingerprint density at radius 1 is 1.13 bits per heavy atom. The van der Waals surface area contributed by atoms with Crippen LogP contribution in [-0.4, -0.2) is 36.3 Å². The van der Waals surface area contributed by atoms with Gasteiger partial charge in [-0.15, -0.1) is 0 Å². The van der Waals surface area contributed by atoms with Gasteiger partial charge in [0.25, 0.3) is 6.43 Å². The average Bonchev–Trinajstić information content (AvgIpc) is 2.70. The maximum Gasteiger partial charge on any atom is 0.250 e. The van der Waals surface area contributed by atoms with Crippen LogP contribution in [0.15, 0.2) is 36.4 Å². The van der Waals surface area contributed by atoms with Gasteiger partial charge >= 0.3 is 0 Å². The van der Waals surface area contributed by atoms with E-state index in [4.69, 9.17) is 16.3 Å². The summed E-state index contributed by atoms with van der Waals surface area (Å²) in [6.45, 7) is -0.744. The summed E-state index contributed by atoms with van der Waals surface area (Å²) >= 11 is 5.98. The van der Waals surface area contributed by atoms with E-state index in [2.05, 4.69) is 5.32 Å². The quantitative estimate of drug-likeness (QED) is 0.662. The molecule has 3 nitrogen and oxygen atoms in total. The second kappa shape index (κ2) is 8.02. The molecule has 1 fully saturated rings. The number of ether oxygens (including phenoxy) is 1. The highest BCUT2D eigenvalue weighted by Crippen LogP contribution is 2.55. The van der Waals surface area contributed by atoms with Crippen LogP contribution in [0.3, 0.4) is 0 Å². The molecule has 0 bridgehead atoms. The van der Waals surface area contributed by atoms with Crippen LogP contribution in [0.1, 0.15) is 30.4 Å². The SMILES string of the molecule is O[C@@]12COc3c(F)ccc(F)c3C1(Cc1ccc(Cl)cc1)CC[C@@H](NCC(F)F)C2. The van der Waals surface area contributed by atoms with Crippen molar-refractivity contribution in [1.29, 1.82) is 0 Å². The van der Waals surface area contributed by atoms with E-state index in [1.807, 2.05) is 0 Å². The van der Waals surface area contributed by atoms with Gasteiger partial charge in [-0.1, -0.05) is 23.7 Å². The number of nitrogens with one attached hydrogen (secondary N) is 1. The molecule has 0 spiro atoms. The van der Waals surface area contributed by atoms with Gasteiger partial charge in [-0.3, -0.25) is 0 Å². The summed E-state index contributed by atoms with van der Waals surface area (Å²) in [5, 5.41) is 15.0. The van der Waals surface area contributed by atoms with Crippen LogP contribution in [0.2, 0.25) is 5.02 Å². The Hall–Kier alpha value is -1.83. The molecule has 162 valence electrons. The topological polar surface area (TPSA) is 41.5 Å². The predicted octanol–water partition coefficient (Wildman–Crippen LogP) is 4.63. The van der Waals surface area contributed by atoms with Crippen molar-refractivity contribution in [3.63, 3.8) is 0 Å². The molecule has 30 heavy (non-hydrogen) atoms. The number of hydrogen-bond acceptors (Lipinski definition) is 3. The lowest BCUT2D eigenvalue weighted by molar-refractivity contribution is -0.122. The zero-order chi connectivity index (χ0) is 21.5. The fraction of sp³-hybridized carbons (Fsp3) is 0.455. The third kappa shape index (κ3) is 3.67. The minimum absolute atomic E-state index is 0.0125. The van der Waals surface area contributed by atoms with Crippen LogP contribution in [0.5, 0.6) is 5.75 Å². The molecule has 3 atom stereocenters. The van der Waals surface area contributed by atoms with E-state index in [1.54, 1.807) is 24.3 Å². The van der Waals surface area contributed by atoms with Crippen LogP contribution in [0, 0.1) is 11.6 Å². The maximum absolute atomic E-state index is 15.1. The molecular weight excluding hydrogens is 422 g/mol. The van der Waals surface area contributed by atoms with Gasteiger partial charge in [0.2, 0.25) is 0 Å². The van der Waals surface area contributed by atoms with Gasteiger partial charge in [0.1, 0.15) is 18.0 Å². The van der Waals surface area contributed by atoms with Crippen LogP contribution in [-0.2, 0) is 11.8 Å². The number of fused-ring (bicyclic) bond motifs is 3. The molecule has 4 rings (SSSR count). The van der Waals surface area contributed by atoms with Crippen molar-refractivity contribution in [1.82, 2.24) is 5.32 Å². The van der Waals surface area contributed by atoms with Crippen molar-refractivity contribution in [3.8, 4) is 5.75 Å². The van der Waals surface area contributed by atoms with Crippen molar-refractivity contribution in [2.24, 2.45) is 0 Å². The Bertz CT molecular complexity index is 926. The third-order valence-corrected chi connectivity index (χ3v) is 6.62. The van der Waals surface area contributed by atoms with Crippen molar-refractivity contribution >= 4 is 11.6 Å². The molecular formula is C22H22ClF4NO2. The normalized spacial score (nSPS) is 28.0. The highest BCUT2D eigenvalue weighted by Gasteiger charge is 2.60. The lowest BCUT2D eigenvalue weighted by Crippen LogP contribution is -2.65. The molecule has 2 aromatic carbocycles. The van der Waals surface area contributed by atoms with E-state index in [-0.39, 0.29) is 43.2 Å². The van der Waals surface area contributed by atoms with E-state index in [0.29, 0.717) is 11.4 Å². The van der Waals surface area contributed by atoms with Gasteiger partial charge in [0.15, 0.2) is 11.6 Å². The number of alkyl halides is 2. The number of rotatable bonds is 5. The van der Waals surface area contributed by atoms with E-state index in [9.17, 15) is 18.3 Å². The monoisotopic (exact) mass is 443 g/mol. The minimum atomic E-state index is -2.52. The van der Waals surface area contributed by atoms with E-state index in [0.717, 1.165) is 17.7 Å². The highest BCUT2D eigenvalue weighted by atomic mass is 35.5. The molecule has 1 heterocycles. The first-order chi connectivity index (χ1) is 14.2. The number of aliphatic hydroxyl groups is 1. The van der Waals surface area contributed by atoms with Crippen molar-refractivity contribution in [2.75, 3.05) is 13.2 Å². The maximum atomic E-state index is 15.1. The highest BCUT2D eigenvalue weighted by molar-refractivity contribution is 6.30. The zero-order valence-corrected chi connectivity index (χ0v) is 16.9. The molecule has 1 aliphatic carbocycles. The molecule has 0 radical (unpaired) electrons. The number of benzene rings is 2. The van der Waals surface area contributed by atoms with Crippen LogP contribution < -0.4 is 10.1 Å². The first kappa shape index (κ1) is 21.4. The van der Waals surface area contributed by atoms with Gasteiger partial charge in [0.05, 0.1) is 6.54 Å². The Balaban J connectivity index is 1.78. The Morgan fingerprint density at radius 2 is 1.83 bits per heavy atom. The van der Waals surface area contributed by atoms with Gasteiger partial charge in [0, 0.05) is 22.0 Å². The van der Waals surface area contributed by atoms with Crippen LogP contribution in [0.25, 0.3) is 0 Å². The van der Waals surface area contributed by atoms with Crippen molar-refractivity contribution < 1.29 is 27.4 Å². The van der Waals surface area contributed by atoms with Gasteiger partial charge in [-0.05, 0) is 55.5 Å². The largest absolute Gasteiger partial charge is 0.487 e. The molecule has 0 amide bonds. The minimum Gasteiger partial charge on any atom is -0.487 e. The Kier molecular flexibility index (Phi) is 5.72.